The molecule has 2 N–H and O–H groups in total. The van der Waals surface area contributed by atoms with E-state index in [1.54, 1.807) is 35.0 Å². The SMILES string of the molecule is O=C(O)CCCn1ccc(=O)c(OCc2ccccc2)c1C(O)c1ccccc1. The lowest BCUT2D eigenvalue weighted by atomic mass is 10.0. The summed E-state index contributed by atoms with van der Waals surface area (Å²) in [5.41, 5.74) is 1.51. The van der Waals surface area contributed by atoms with Gasteiger partial charge < -0.3 is 19.5 Å². The van der Waals surface area contributed by atoms with E-state index in [9.17, 15) is 14.7 Å². The topological polar surface area (TPSA) is 88.8 Å². The number of aliphatic hydroxyl groups is 1. The number of pyridine rings is 1. The van der Waals surface area contributed by atoms with Crippen LogP contribution in [-0.4, -0.2) is 20.7 Å². The van der Waals surface area contributed by atoms with Crippen LogP contribution in [0.2, 0.25) is 0 Å². The number of hydrogen-bond donors (Lipinski definition) is 2. The fraction of sp³-hybridized carbons (Fsp3) is 0.217. The van der Waals surface area contributed by atoms with Crippen LogP contribution >= 0.6 is 0 Å². The van der Waals surface area contributed by atoms with Crippen molar-refractivity contribution in [3.05, 3.63) is 100.0 Å². The van der Waals surface area contributed by atoms with E-state index in [-0.39, 0.29) is 24.2 Å². The first kappa shape index (κ1) is 20.4. The normalized spacial score (nSPS) is 11.8. The van der Waals surface area contributed by atoms with Crippen LogP contribution < -0.4 is 10.2 Å². The molecule has 0 aliphatic heterocycles. The number of rotatable bonds is 9. The van der Waals surface area contributed by atoms with Gasteiger partial charge in [-0.25, -0.2) is 0 Å². The molecule has 1 aromatic heterocycles. The first-order chi connectivity index (χ1) is 14.1. The van der Waals surface area contributed by atoms with Crippen LogP contribution in [0, 0.1) is 0 Å². The molecule has 0 saturated carbocycles. The van der Waals surface area contributed by atoms with Gasteiger partial charge in [0.1, 0.15) is 12.7 Å². The highest BCUT2D eigenvalue weighted by Crippen LogP contribution is 2.28. The van der Waals surface area contributed by atoms with E-state index >= 15 is 0 Å². The third-order valence-corrected chi connectivity index (χ3v) is 4.56. The van der Waals surface area contributed by atoms with Crippen molar-refractivity contribution in [3.63, 3.8) is 0 Å². The van der Waals surface area contributed by atoms with Gasteiger partial charge in [0.25, 0.3) is 0 Å². The molecule has 150 valence electrons. The number of aryl methyl sites for hydroxylation is 1. The minimum absolute atomic E-state index is 0.00674. The van der Waals surface area contributed by atoms with E-state index < -0.39 is 12.1 Å². The molecule has 29 heavy (non-hydrogen) atoms. The number of carbonyl (C=O) groups is 1. The molecule has 1 heterocycles. The van der Waals surface area contributed by atoms with Crippen molar-refractivity contribution in [2.45, 2.75) is 32.1 Å². The molecule has 0 amide bonds. The maximum Gasteiger partial charge on any atom is 0.303 e. The molecule has 1 unspecified atom stereocenters. The summed E-state index contributed by atoms with van der Waals surface area (Å²) in [5.74, 6) is -0.820. The van der Waals surface area contributed by atoms with Crippen molar-refractivity contribution < 1.29 is 19.7 Å². The van der Waals surface area contributed by atoms with Crippen molar-refractivity contribution in [2.24, 2.45) is 0 Å². The van der Waals surface area contributed by atoms with Gasteiger partial charge in [0.2, 0.25) is 5.43 Å². The molecule has 0 aliphatic rings. The molecule has 0 fully saturated rings. The average Bonchev–Trinajstić information content (AvgIpc) is 2.74. The summed E-state index contributed by atoms with van der Waals surface area (Å²) in [4.78, 5) is 23.5. The average molecular weight is 393 g/mol. The number of nitrogens with zero attached hydrogens (tertiary/aromatic N) is 1. The first-order valence-corrected chi connectivity index (χ1v) is 9.41. The van der Waals surface area contributed by atoms with Crippen LogP contribution in [0.3, 0.4) is 0 Å². The highest BCUT2D eigenvalue weighted by molar-refractivity contribution is 5.66. The van der Waals surface area contributed by atoms with Crippen molar-refractivity contribution in [1.29, 1.82) is 0 Å². The van der Waals surface area contributed by atoms with Crippen molar-refractivity contribution >= 4 is 5.97 Å². The Morgan fingerprint density at radius 2 is 1.66 bits per heavy atom. The van der Waals surface area contributed by atoms with Crippen LogP contribution in [0.1, 0.15) is 35.8 Å². The number of carboxylic acid groups (broad SMARTS) is 1. The van der Waals surface area contributed by atoms with Crippen LogP contribution in [0.15, 0.2) is 77.7 Å². The monoisotopic (exact) mass is 393 g/mol. The van der Waals surface area contributed by atoms with Gasteiger partial charge in [0.15, 0.2) is 5.75 Å². The van der Waals surface area contributed by atoms with Gasteiger partial charge in [0, 0.05) is 25.2 Å². The second-order valence-electron chi connectivity index (χ2n) is 6.67. The molecule has 6 heteroatoms. The van der Waals surface area contributed by atoms with E-state index in [1.165, 1.54) is 6.07 Å². The summed E-state index contributed by atoms with van der Waals surface area (Å²) in [5, 5.41) is 20.0. The van der Waals surface area contributed by atoms with Gasteiger partial charge in [-0.2, -0.15) is 0 Å². The highest BCUT2D eigenvalue weighted by atomic mass is 16.5. The maximum atomic E-state index is 12.6. The standard InChI is InChI=1S/C23H23NO5/c25-19-13-15-24(14-7-12-20(26)27)21(22(28)18-10-5-2-6-11-18)23(19)29-16-17-8-3-1-4-9-17/h1-6,8-11,13,15,22,28H,7,12,14,16H2,(H,26,27). The summed E-state index contributed by atoms with van der Waals surface area (Å²) in [6.45, 7) is 0.525. The number of benzene rings is 2. The molecule has 1 atom stereocenters. The lowest BCUT2D eigenvalue weighted by Crippen LogP contribution is -2.20. The highest BCUT2D eigenvalue weighted by Gasteiger charge is 2.22. The molecule has 0 saturated heterocycles. The number of aliphatic carboxylic acids is 1. The van der Waals surface area contributed by atoms with E-state index in [1.807, 2.05) is 36.4 Å². The zero-order valence-corrected chi connectivity index (χ0v) is 15.9. The number of hydrogen-bond acceptors (Lipinski definition) is 4. The van der Waals surface area contributed by atoms with Crippen LogP contribution in [-0.2, 0) is 17.9 Å². The first-order valence-electron chi connectivity index (χ1n) is 9.41. The second kappa shape index (κ2) is 9.71. The van der Waals surface area contributed by atoms with E-state index in [0.29, 0.717) is 24.2 Å². The Morgan fingerprint density at radius 1 is 1.00 bits per heavy atom. The predicted molar refractivity (Wildman–Crippen MR) is 109 cm³/mol. The summed E-state index contributed by atoms with van der Waals surface area (Å²) in [6, 6.07) is 19.8. The summed E-state index contributed by atoms with van der Waals surface area (Å²) in [6.07, 6.45) is 0.847. The Balaban J connectivity index is 1.97. The number of aromatic nitrogens is 1. The van der Waals surface area contributed by atoms with E-state index in [2.05, 4.69) is 0 Å². The minimum atomic E-state index is -1.08. The number of aliphatic hydroxyl groups excluding tert-OH is 1. The van der Waals surface area contributed by atoms with Gasteiger partial charge in [-0.1, -0.05) is 60.7 Å². The predicted octanol–water partition coefficient (Wildman–Crippen LogP) is 3.37. The summed E-state index contributed by atoms with van der Waals surface area (Å²) < 4.78 is 7.55. The molecule has 0 aliphatic carbocycles. The molecule has 0 bridgehead atoms. The van der Waals surface area contributed by atoms with Gasteiger partial charge in [-0.3, -0.25) is 9.59 Å². The van der Waals surface area contributed by atoms with Crippen LogP contribution in [0.4, 0.5) is 0 Å². The Kier molecular flexibility index (Phi) is 6.81. The largest absolute Gasteiger partial charge is 0.483 e. The molecule has 3 aromatic rings. The molecule has 2 aromatic carbocycles. The van der Waals surface area contributed by atoms with Crippen LogP contribution in [0.5, 0.6) is 5.75 Å². The van der Waals surface area contributed by atoms with Gasteiger partial charge >= 0.3 is 5.97 Å². The Hall–Kier alpha value is -3.38. The lowest BCUT2D eigenvalue weighted by Gasteiger charge is -2.22. The molecular formula is C23H23NO5. The molecule has 0 radical (unpaired) electrons. The molecule has 6 nitrogen and oxygen atoms in total. The fourth-order valence-electron chi connectivity index (χ4n) is 3.12. The van der Waals surface area contributed by atoms with Crippen molar-refractivity contribution in [2.75, 3.05) is 0 Å². The minimum Gasteiger partial charge on any atom is -0.483 e. The summed E-state index contributed by atoms with van der Waals surface area (Å²) >= 11 is 0. The quantitative estimate of drug-likeness (QED) is 0.582. The Bertz CT molecular complexity index is 999. The van der Waals surface area contributed by atoms with E-state index in [0.717, 1.165) is 5.56 Å². The van der Waals surface area contributed by atoms with Crippen LogP contribution in [0.25, 0.3) is 0 Å². The smallest absolute Gasteiger partial charge is 0.303 e. The Morgan fingerprint density at radius 3 is 2.31 bits per heavy atom. The number of carboxylic acids is 1. The Labute approximate surface area is 168 Å². The fourth-order valence-corrected chi connectivity index (χ4v) is 3.12. The molecule has 0 spiro atoms. The zero-order chi connectivity index (χ0) is 20.6. The third-order valence-electron chi connectivity index (χ3n) is 4.56. The van der Waals surface area contributed by atoms with Crippen molar-refractivity contribution in [3.8, 4) is 5.75 Å². The van der Waals surface area contributed by atoms with Gasteiger partial charge in [-0.15, -0.1) is 0 Å². The van der Waals surface area contributed by atoms with E-state index in [4.69, 9.17) is 9.84 Å². The molecular weight excluding hydrogens is 370 g/mol. The van der Waals surface area contributed by atoms with Gasteiger partial charge in [0.05, 0.1) is 5.69 Å². The van der Waals surface area contributed by atoms with Gasteiger partial charge in [-0.05, 0) is 17.5 Å². The number of ether oxygens (including phenoxy) is 1. The maximum absolute atomic E-state index is 12.6. The third kappa shape index (κ3) is 5.33. The molecule has 3 rings (SSSR count). The zero-order valence-electron chi connectivity index (χ0n) is 15.9. The lowest BCUT2D eigenvalue weighted by molar-refractivity contribution is -0.137. The summed E-state index contributed by atoms with van der Waals surface area (Å²) in [7, 11) is 0. The second-order valence-corrected chi connectivity index (χ2v) is 6.67. The van der Waals surface area contributed by atoms with Crippen molar-refractivity contribution in [1.82, 2.24) is 4.57 Å².